The number of halogens is 1. The fourth-order valence-electron chi connectivity index (χ4n) is 3.13. The first-order valence-corrected chi connectivity index (χ1v) is 12.4. The summed E-state index contributed by atoms with van der Waals surface area (Å²) in [5.74, 6) is -0.580. The molecule has 2 N–H and O–H groups in total. The van der Waals surface area contributed by atoms with E-state index in [-0.39, 0.29) is 12.5 Å². The van der Waals surface area contributed by atoms with Crippen LogP contribution in [0.2, 0.25) is 0 Å². The van der Waals surface area contributed by atoms with Gasteiger partial charge in [0.25, 0.3) is 5.91 Å². The summed E-state index contributed by atoms with van der Waals surface area (Å²) < 4.78 is 6.14. The van der Waals surface area contributed by atoms with Crippen LogP contribution >= 0.6 is 15.9 Å². The number of benzene rings is 2. The van der Waals surface area contributed by atoms with E-state index in [9.17, 15) is 14.4 Å². The minimum Gasteiger partial charge on any atom is -0.423 e. The Balaban J connectivity index is 1.63. The maximum Gasteiger partial charge on any atom is 0.343 e. The molecule has 2 aromatic carbocycles. The van der Waals surface area contributed by atoms with Gasteiger partial charge in [0.1, 0.15) is 5.75 Å². The van der Waals surface area contributed by atoms with Crippen LogP contribution < -0.4 is 15.5 Å². The molecule has 0 aromatic heterocycles. The second-order valence-corrected chi connectivity index (χ2v) is 8.83. The highest BCUT2D eigenvalue weighted by Gasteiger charge is 2.09. The Morgan fingerprint density at radius 1 is 0.941 bits per heavy atom. The number of esters is 1. The Morgan fingerprint density at radius 2 is 1.65 bits per heavy atom. The molecule has 0 aliphatic rings. The van der Waals surface area contributed by atoms with Gasteiger partial charge in [-0.05, 0) is 54.4 Å². The van der Waals surface area contributed by atoms with E-state index < -0.39 is 11.9 Å². The molecule has 182 valence electrons. The number of hydrazone groups is 1. The Bertz CT molecular complexity index is 961. The van der Waals surface area contributed by atoms with Gasteiger partial charge in [-0.2, -0.15) is 5.10 Å². The maximum atomic E-state index is 12.2. The van der Waals surface area contributed by atoms with E-state index >= 15 is 0 Å². The fraction of sp³-hybridized carbons (Fsp3) is 0.385. The summed E-state index contributed by atoms with van der Waals surface area (Å²) in [5.41, 5.74) is 3.54. The summed E-state index contributed by atoms with van der Waals surface area (Å²) in [6.45, 7) is 2.08. The second kappa shape index (κ2) is 15.8. The largest absolute Gasteiger partial charge is 0.423 e. The van der Waals surface area contributed by atoms with Crippen LogP contribution in [0.15, 0.2) is 58.1 Å². The summed E-state index contributed by atoms with van der Waals surface area (Å²) in [6.07, 6.45) is 9.90. The van der Waals surface area contributed by atoms with Gasteiger partial charge in [0.05, 0.1) is 18.3 Å². The van der Waals surface area contributed by atoms with Gasteiger partial charge in [-0.3, -0.25) is 9.59 Å². The topological polar surface area (TPSA) is 96.9 Å². The zero-order valence-corrected chi connectivity index (χ0v) is 21.1. The third-order valence-corrected chi connectivity index (χ3v) is 5.50. The van der Waals surface area contributed by atoms with Crippen LogP contribution in [-0.2, 0) is 9.59 Å². The van der Waals surface area contributed by atoms with E-state index in [4.69, 9.17) is 4.74 Å². The van der Waals surface area contributed by atoms with Crippen molar-refractivity contribution in [2.45, 2.75) is 58.3 Å². The van der Waals surface area contributed by atoms with Gasteiger partial charge in [0, 0.05) is 10.9 Å². The predicted molar refractivity (Wildman–Crippen MR) is 137 cm³/mol. The number of nitrogens with zero attached hydrogens (tertiary/aromatic N) is 1. The molecule has 0 aliphatic carbocycles. The highest BCUT2D eigenvalue weighted by molar-refractivity contribution is 9.10. The average molecular weight is 530 g/mol. The number of nitrogens with one attached hydrogen (secondary N) is 2. The third-order valence-electron chi connectivity index (χ3n) is 5.01. The lowest BCUT2D eigenvalue weighted by Crippen LogP contribution is -2.34. The molecule has 0 fully saturated rings. The maximum absolute atomic E-state index is 12.2. The number of carbonyl (C=O) groups is 3. The highest BCUT2D eigenvalue weighted by atomic mass is 79.9. The fourth-order valence-corrected chi connectivity index (χ4v) is 3.53. The van der Waals surface area contributed by atoms with Crippen molar-refractivity contribution in [3.05, 3.63) is 64.1 Å². The van der Waals surface area contributed by atoms with E-state index in [1.807, 2.05) is 6.07 Å². The normalized spacial score (nSPS) is 10.8. The standard InChI is InChI=1S/C26H32BrN3O4/c1-2-3-4-5-6-7-8-12-24(31)28-19-25(32)30-29-18-20-13-15-23(16-14-20)34-26(33)21-10-9-11-22(27)17-21/h9-11,13-18H,2-8,12,19H2,1H3,(H,28,31)(H,30,32)/b29-18-. The molecule has 0 aliphatic heterocycles. The second-order valence-electron chi connectivity index (χ2n) is 7.91. The summed E-state index contributed by atoms with van der Waals surface area (Å²) in [4.78, 5) is 35.9. The van der Waals surface area contributed by atoms with Crippen molar-refractivity contribution in [2.24, 2.45) is 5.10 Å². The molecule has 0 bridgehead atoms. The monoisotopic (exact) mass is 529 g/mol. The molecule has 0 spiro atoms. The van der Waals surface area contributed by atoms with E-state index in [1.54, 1.807) is 42.5 Å². The summed E-state index contributed by atoms with van der Waals surface area (Å²) >= 11 is 3.32. The molecule has 0 saturated carbocycles. The lowest BCUT2D eigenvalue weighted by molar-refractivity contribution is -0.126. The van der Waals surface area contributed by atoms with Crippen LogP contribution in [0.5, 0.6) is 5.75 Å². The Kier molecular flexibility index (Phi) is 12.6. The Morgan fingerprint density at radius 3 is 2.35 bits per heavy atom. The molecular formula is C26H32BrN3O4. The van der Waals surface area contributed by atoms with Crippen LogP contribution in [0, 0.1) is 0 Å². The molecule has 0 radical (unpaired) electrons. The number of carbonyl (C=O) groups excluding carboxylic acids is 3. The number of ether oxygens (including phenoxy) is 1. The number of rotatable bonds is 14. The van der Waals surface area contributed by atoms with Crippen molar-refractivity contribution in [2.75, 3.05) is 6.54 Å². The molecule has 0 saturated heterocycles. The number of unbranched alkanes of at least 4 members (excludes halogenated alkanes) is 6. The van der Waals surface area contributed by atoms with Gasteiger partial charge in [-0.25, -0.2) is 10.2 Å². The van der Waals surface area contributed by atoms with Crippen molar-refractivity contribution >= 4 is 39.9 Å². The quantitative estimate of drug-likeness (QED) is 0.113. The van der Waals surface area contributed by atoms with Gasteiger partial charge in [-0.15, -0.1) is 0 Å². The first kappa shape index (κ1) is 27.2. The van der Waals surface area contributed by atoms with Crippen molar-refractivity contribution in [1.29, 1.82) is 0 Å². The smallest absolute Gasteiger partial charge is 0.343 e. The van der Waals surface area contributed by atoms with Gasteiger partial charge >= 0.3 is 5.97 Å². The first-order chi connectivity index (χ1) is 16.5. The minimum absolute atomic E-state index is 0.114. The predicted octanol–water partition coefficient (Wildman–Crippen LogP) is 5.38. The molecule has 2 rings (SSSR count). The average Bonchev–Trinajstić information content (AvgIpc) is 2.83. The molecule has 0 unspecified atom stereocenters. The number of hydrogen-bond acceptors (Lipinski definition) is 5. The SMILES string of the molecule is CCCCCCCCCC(=O)NCC(=O)N/N=C\c1ccc(OC(=O)c2cccc(Br)c2)cc1. The van der Waals surface area contributed by atoms with E-state index in [0.717, 1.165) is 23.7 Å². The van der Waals surface area contributed by atoms with Crippen LogP contribution in [0.25, 0.3) is 0 Å². The number of hydrogen-bond donors (Lipinski definition) is 2. The molecule has 0 atom stereocenters. The zero-order chi connectivity index (χ0) is 24.6. The molecule has 2 aromatic rings. The van der Waals surface area contributed by atoms with E-state index in [1.165, 1.54) is 31.9 Å². The molecule has 2 amide bonds. The van der Waals surface area contributed by atoms with Gasteiger partial charge in [0.2, 0.25) is 5.91 Å². The van der Waals surface area contributed by atoms with Crippen LogP contribution in [0.3, 0.4) is 0 Å². The molecule has 8 heteroatoms. The molecular weight excluding hydrogens is 498 g/mol. The molecule has 7 nitrogen and oxygen atoms in total. The van der Waals surface area contributed by atoms with Crippen molar-refractivity contribution < 1.29 is 19.1 Å². The lowest BCUT2D eigenvalue weighted by Gasteiger charge is -2.05. The lowest BCUT2D eigenvalue weighted by atomic mass is 10.1. The number of amides is 2. The van der Waals surface area contributed by atoms with Gasteiger partial charge in [0.15, 0.2) is 0 Å². The summed E-state index contributed by atoms with van der Waals surface area (Å²) in [6, 6.07) is 13.7. The van der Waals surface area contributed by atoms with Crippen LogP contribution in [0.4, 0.5) is 0 Å². The third kappa shape index (κ3) is 11.2. The highest BCUT2D eigenvalue weighted by Crippen LogP contribution is 2.16. The summed E-state index contributed by atoms with van der Waals surface area (Å²) in [7, 11) is 0. The van der Waals surface area contributed by atoms with Crippen LogP contribution in [0.1, 0.15) is 74.2 Å². The van der Waals surface area contributed by atoms with Gasteiger partial charge in [-0.1, -0.05) is 67.4 Å². The van der Waals surface area contributed by atoms with E-state index in [0.29, 0.717) is 23.3 Å². The molecule has 34 heavy (non-hydrogen) atoms. The zero-order valence-electron chi connectivity index (χ0n) is 19.5. The van der Waals surface area contributed by atoms with Crippen LogP contribution in [-0.4, -0.2) is 30.5 Å². The van der Waals surface area contributed by atoms with Crippen molar-refractivity contribution in [3.63, 3.8) is 0 Å². The van der Waals surface area contributed by atoms with Crippen molar-refractivity contribution in [3.8, 4) is 5.75 Å². The summed E-state index contributed by atoms with van der Waals surface area (Å²) in [5, 5.41) is 6.50. The first-order valence-electron chi connectivity index (χ1n) is 11.6. The van der Waals surface area contributed by atoms with Crippen molar-refractivity contribution in [1.82, 2.24) is 10.7 Å². The minimum atomic E-state index is -0.455. The van der Waals surface area contributed by atoms with Gasteiger partial charge < -0.3 is 10.1 Å². The van der Waals surface area contributed by atoms with E-state index in [2.05, 4.69) is 38.7 Å². The Hall–Kier alpha value is -3.00. The Labute approximate surface area is 209 Å². The molecule has 0 heterocycles.